The molecule has 34 heavy (non-hydrogen) atoms. The van der Waals surface area contributed by atoms with Crippen LogP contribution in [0.2, 0.25) is 0 Å². The van der Waals surface area contributed by atoms with Crippen molar-refractivity contribution in [3.8, 4) is 0 Å². The van der Waals surface area contributed by atoms with Crippen LogP contribution >= 0.6 is 22.6 Å². The molecule has 1 spiro atoms. The van der Waals surface area contributed by atoms with Gasteiger partial charge < -0.3 is 9.80 Å². The van der Waals surface area contributed by atoms with Gasteiger partial charge in [0.15, 0.2) is 0 Å². The zero-order valence-electron chi connectivity index (χ0n) is 19.1. The predicted octanol–water partition coefficient (Wildman–Crippen LogP) is 4.90. The van der Waals surface area contributed by atoms with E-state index in [1.807, 2.05) is 12.1 Å². The number of benzene rings is 1. The molecular weight excluding hydrogens is 551 g/mol. The lowest BCUT2D eigenvalue weighted by Crippen LogP contribution is -2.40. The lowest BCUT2D eigenvalue weighted by molar-refractivity contribution is -0.0222. The fourth-order valence-corrected chi connectivity index (χ4v) is 5.99. The average Bonchev–Trinajstić information content (AvgIpc) is 3.44. The molecule has 6 nitrogen and oxygen atoms in total. The summed E-state index contributed by atoms with van der Waals surface area (Å²) in [4.78, 5) is 28.9. The van der Waals surface area contributed by atoms with Crippen LogP contribution in [0.5, 0.6) is 0 Å². The van der Waals surface area contributed by atoms with Crippen LogP contribution in [-0.2, 0) is 6.42 Å². The molecule has 1 aliphatic carbocycles. The number of halogens is 3. The van der Waals surface area contributed by atoms with Gasteiger partial charge in [0.05, 0.1) is 11.3 Å². The molecule has 4 heterocycles. The van der Waals surface area contributed by atoms with Crippen molar-refractivity contribution >= 4 is 46.0 Å². The third kappa shape index (κ3) is 4.13. The number of carbonyl (C=O) groups is 1. The van der Waals surface area contributed by atoms with Gasteiger partial charge in [-0.2, -0.15) is 4.98 Å². The van der Waals surface area contributed by atoms with Crippen LogP contribution < -0.4 is 14.7 Å². The lowest BCUT2D eigenvalue weighted by atomic mass is 9.93. The van der Waals surface area contributed by atoms with E-state index in [1.165, 1.54) is 25.7 Å². The molecule has 1 amide bonds. The first-order valence-electron chi connectivity index (χ1n) is 12.2. The molecule has 0 unspecified atom stereocenters. The van der Waals surface area contributed by atoms with Gasteiger partial charge in [0.25, 0.3) is 11.8 Å². The fraction of sp³-hybridized carbons (Fsp3) is 0.560. The van der Waals surface area contributed by atoms with Gasteiger partial charge in [-0.05, 0) is 78.3 Å². The third-order valence-corrected chi connectivity index (χ3v) is 8.70. The highest BCUT2D eigenvalue weighted by Crippen LogP contribution is 2.54. The molecule has 0 N–H and O–H groups in total. The van der Waals surface area contributed by atoms with E-state index in [2.05, 4.69) is 38.5 Å². The van der Waals surface area contributed by atoms with Crippen LogP contribution in [-0.4, -0.2) is 54.5 Å². The quantitative estimate of drug-likeness (QED) is 0.485. The van der Waals surface area contributed by atoms with Crippen LogP contribution in [0.15, 0.2) is 24.4 Å². The molecule has 9 heteroatoms. The standard InChI is InChI=1S/C25H28F2IN5O/c26-25(27)8-13-32(14-9-25)23-29-16-17-3-10-33(21(17)30-23)22(34)19-2-1-18(28)15-20(19)31-11-6-24(4-5-24)7-12-31/h1-2,15-16H,3-14H2. The minimum Gasteiger partial charge on any atom is -0.371 e. The largest absolute Gasteiger partial charge is 0.371 e. The van der Waals surface area contributed by atoms with Crippen molar-refractivity contribution in [2.45, 2.75) is 50.9 Å². The molecule has 6 rings (SSSR count). The van der Waals surface area contributed by atoms with Crippen molar-refractivity contribution in [1.29, 1.82) is 0 Å². The Labute approximate surface area is 211 Å². The maximum atomic E-state index is 13.8. The van der Waals surface area contributed by atoms with Gasteiger partial charge in [0.2, 0.25) is 5.95 Å². The number of nitrogens with zero attached hydrogens (tertiary/aromatic N) is 5. The summed E-state index contributed by atoms with van der Waals surface area (Å²) < 4.78 is 28.3. The van der Waals surface area contributed by atoms with Crippen molar-refractivity contribution in [3.63, 3.8) is 0 Å². The van der Waals surface area contributed by atoms with Gasteiger partial charge in [-0.15, -0.1) is 0 Å². The molecule has 1 aromatic carbocycles. The summed E-state index contributed by atoms with van der Waals surface area (Å²) in [6, 6.07) is 6.04. The highest BCUT2D eigenvalue weighted by atomic mass is 127. The van der Waals surface area contributed by atoms with Crippen molar-refractivity contribution in [3.05, 3.63) is 39.1 Å². The van der Waals surface area contributed by atoms with Crippen molar-refractivity contribution < 1.29 is 13.6 Å². The highest BCUT2D eigenvalue weighted by Gasteiger charge is 2.45. The van der Waals surface area contributed by atoms with E-state index in [-0.39, 0.29) is 31.8 Å². The molecule has 3 fully saturated rings. The zero-order chi connectivity index (χ0) is 23.5. The number of fused-ring (bicyclic) bond motifs is 1. The molecule has 3 aliphatic heterocycles. The molecular formula is C25H28F2IN5O. The molecule has 2 aromatic rings. The monoisotopic (exact) mass is 579 g/mol. The molecule has 0 atom stereocenters. The summed E-state index contributed by atoms with van der Waals surface area (Å²) in [5.41, 5.74) is 3.22. The summed E-state index contributed by atoms with van der Waals surface area (Å²) in [5, 5.41) is 0. The highest BCUT2D eigenvalue weighted by molar-refractivity contribution is 14.1. The second-order valence-corrected chi connectivity index (χ2v) is 11.5. The number of hydrogen-bond acceptors (Lipinski definition) is 5. The van der Waals surface area contributed by atoms with E-state index in [9.17, 15) is 13.6 Å². The Hall–Kier alpha value is -2.04. The Morgan fingerprint density at radius 3 is 2.35 bits per heavy atom. The van der Waals surface area contributed by atoms with Crippen LogP contribution in [0.25, 0.3) is 0 Å². The second-order valence-electron chi connectivity index (χ2n) is 10.2. The van der Waals surface area contributed by atoms with Gasteiger partial charge in [-0.3, -0.25) is 9.69 Å². The maximum absolute atomic E-state index is 13.8. The number of amides is 1. The number of alkyl halides is 2. The Kier molecular flexibility index (Phi) is 5.46. The summed E-state index contributed by atoms with van der Waals surface area (Å²) >= 11 is 2.31. The SMILES string of the molecule is O=C(c1ccc(I)cc1N1CCC2(CC1)CC2)N1CCc2cnc(N3CCC(F)(F)CC3)nc21. The minimum absolute atomic E-state index is 0.0494. The van der Waals surface area contributed by atoms with Gasteiger partial charge in [0, 0.05) is 60.9 Å². The summed E-state index contributed by atoms with van der Waals surface area (Å²) in [5.74, 6) is -1.62. The summed E-state index contributed by atoms with van der Waals surface area (Å²) in [6.45, 7) is 2.97. The van der Waals surface area contributed by atoms with Crippen molar-refractivity contribution in [2.24, 2.45) is 5.41 Å². The van der Waals surface area contributed by atoms with Gasteiger partial charge in [0.1, 0.15) is 5.82 Å². The number of aromatic nitrogens is 2. The van der Waals surface area contributed by atoms with E-state index in [0.29, 0.717) is 35.7 Å². The average molecular weight is 579 g/mol. The predicted molar refractivity (Wildman–Crippen MR) is 136 cm³/mol. The molecule has 4 aliphatic rings. The van der Waals surface area contributed by atoms with E-state index < -0.39 is 5.92 Å². The Balaban J connectivity index is 1.26. The first kappa shape index (κ1) is 22.4. The molecule has 2 saturated heterocycles. The van der Waals surface area contributed by atoms with Gasteiger partial charge >= 0.3 is 0 Å². The number of carbonyl (C=O) groups excluding carboxylic acids is 1. The minimum atomic E-state index is -2.62. The maximum Gasteiger partial charge on any atom is 0.261 e. The molecule has 1 saturated carbocycles. The summed E-state index contributed by atoms with van der Waals surface area (Å²) in [7, 11) is 0. The topological polar surface area (TPSA) is 52.6 Å². The smallest absolute Gasteiger partial charge is 0.261 e. The third-order valence-electron chi connectivity index (χ3n) is 8.02. The number of piperidine rings is 2. The van der Waals surface area contributed by atoms with Crippen molar-refractivity contribution in [2.75, 3.05) is 47.4 Å². The van der Waals surface area contributed by atoms with E-state index in [0.717, 1.165) is 27.9 Å². The van der Waals surface area contributed by atoms with Crippen LogP contribution in [0.3, 0.4) is 0 Å². The van der Waals surface area contributed by atoms with E-state index in [1.54, 1.807) is 16.0 Å². The fourth-order valence-electron chi connectivity index (χ4n) is 5.51. The van der Waals surface area contributed by atoms with Crippen LogP contribution in [0.1, 0.15) is 54.4 Å². The Bertz CT molecular complexity index is 1120. The van der Waals surface area contributed by atoms with Crippen LogP contribution in [0.4, 0.5) is 26.2 Å². The van der Waals surface area contributed by atoms with Crippen molar-refractivity contribution in [1.82, 2.24) is 9.97 Å². The van der Waals surface area contributed by atoms with Gasteiger partial charge in [-0.1, -0.05) is 0 Å². The van der Waals surface area contributed by atoms with Gasteiger partial charge in [-0.25, -0.2) is 13.8 Å². The first-order valence-corrected chi connectivity index (χ1v) is 13.3. The second kappa shape index (κ2) is 8.27. The molecule has 180 valence electrons. The molecule has 0 radical (unpaired) electrons. The number of anilines is 3. The normalized spacial score (nSPS) is 22.7. The first-order chi connectivity index (χ1) is 16.3. The summed E-state index contributed by atoms with van der Waals surface area (Å²) in [6.07, 6.45) is 7.16. The Morgan fingerprint density at radius 1 is 0.941 bits per heavy atom. The molecule has 1 aromatic heterocycles. The van der Waals surface area contributed by atoms with Crippen LogP contribution in [0, 0.1) is 8.99 Å². The lowest BCUT2D eigenvalue weighted by Gasteiger charge is -2.35. The molecule has 0 bridgehead atoms. The number of hydrogen-bond donors (Lipinski definition) is 0. The van der Waals surface area contributed by atoms with E-state index in [4.69, 9.17) is 4.98 Å². The number of rotatable bonds is 3. The zero-order valence-corrected chi connectivity index (χ0v) is 21.2. The Morgan fingerprint density at radius 2 is 1.65 bits per heavy atom. The van der Waals surface area contributed by atoms with E-state index >= 15 is 0 Å².